The lowest BCUT2D eigenvalue weighted by Crippen LogP contribution is -2.67. The van der Waals surface area contributed by atoms with Gasteiger partial charge in [-0.05, 0) is 0 Å². The van der Waals surface area contributed by atoms with Gasteiger partial charge in [0, 0.05) is 26.2 Å². The lowest BCUT2D eigenvalue weighted by molar-refractivity contribution is -0.368. The van der Waals surface area contributed by atoms with Crippen molar-refractivity contribution in [2.75, 3.05) is 39.4 Å². The van der Waals surface area contributed by atoms with Gasteiger partial charge < -0.3 is 4.74 Å². The minimum Gasteiger partial charge on any atom is -0.379 e. The standard InChI is InChI=1S/C14H16F14N2O3S/c15-8(16)11(21,22)9(17,18)7-10(19,20)12(23,24)13(25,26)14(27,28)34(31,32)29-1-2-30-3-5-33-6-4-30/h8,29H,1-7H2. The smallest absolute Gasteiger partial charge is 0.379 e. The van der Waals surface area contributed by atoms with Crippen molar-refractivity contribution >= 4 is 10.0 Å². The highest BCUT2D eigenvalue weighted by Gasteiger charge is 2.85. The van der Waals surface area contributed by atoms with Gasteiger partial charge >= 0.3 is 41.3 Å². The second-order valence-corrected chi connectivity index (χ2v) is 8.83. The van der Waals surface area contributed by atoms with Gasteiger partial charge in [0.25, 0.3) is 10.0 Å². The molecule has 204 valence electrons. The second kappa shape index (κ2) is 9.72. The third-order valence-corrected chi connectivity index (χ3v) is 6.10. The highest BCUT2D eigenvalue weighted by atomic mass is 32.2. The monoisotopic (exact) mass is 558 g/mol. The Morgan fingerprint density at radius 2 is 1.26 bits per heavy atom. The van der Waals surface area contributed by atoms with Crippen molar-refractivity contribution in [2.24, 2.45) is 0 Å². The van der Waals surface area contributed by atoms with E-state index in [1.54, 1.807) is 0 Å². The van der Waals surface area contributed by atoms with Crippen LogP contribution in [-0.4, -0.2) is 94.0 Å². The van der Waals surface area contributed by atoms with Crippen LogP contribution in [0.2, 0.25) is 0 Å². The minimum atomic E-state index is -7.73. The Hall–Kier alpha value is -1.15. The molecular weight excluding hydrogens is 542 g/mol. The fourth-order valence-electron chi connectivity index (χ4n) is 2.50. The average molecular weight is 558 g/mol. The number of nitrogens with zero attached hydrogens (tertiary/aromatic N) is 1. The summed E-state index contributed by atoms with van der Waals surface area (Å²) >= 11 is 0. The van der Waals surface area contributed by atoms with Crippen LogP contribution in [0, 0.1) is 0 Å². The Balaban J connectivity index is 3.16. The van der Waals surface area contributed by atoms with Crippen LogP contribution >= 0.6 is 0 Å². The Bertz CT molecular complexity index is 799. The molecule has 0 unspecified atom stereocenters. The number of morpholine rings is 1. The zero-order valence-corrected chi connectivity index (χ0v) is 17.2. The summed E-state index contributed by atoms with van der Waals surface area (Å²) in [4.78, 5) is 1.34. The topological polar surface area (TPSA) is 58.6 Å². The molecule has 0 bridgehead atoms. The Morgan fingerprint density at radius 1 is 0.794 bits per heavy atom. The van der Waals surface area contributed by atoms with Crippen molar-refractivity contribution in [2.45, 2.75) is 47.7 Å². The molecule has 1 N–H and O–H groups in total. The molecule has 0 aliphatic carbocycles. The Morgan fingerprint density at radius 3 is 1.71 bits per heavy atom. The van der Waals surface area contributed by atoms with Crippen LogP contribution in [-0.2, 0) is 14.8 Å². The summed E-state index contributed by atoms with van der Waals surface area (Å²) in [5, 5.41) is -7.10. The maximum atomic E-state index is 13.9. The van der Waals surface area contributed by atoms with Crippen molar-refractivity contribution in [3.05, 3.63) is 0 Å². The molecule has 1 rings (SSSR count). The number of hydrogen-bond donors (Lipinski definition) is 1. The molecule has 1 fully saturated rings. The van der Waals surface area contributed by atoms with Crippen molar-refractivity contribution in [1.82, 2.24) is 9.62 Å². The first-order valence-corrected chi connectivity index (χ1v) is 10.3. The quantitative estimate of drug-likeness (QED) is 0.372. The molecule has 0 radical (unpaired) electrons. The van der Waals surface area contributed by atoms with E-state index >= 15 is 0 Å². The number of nitrogens with one attached hydrogen (secondary N) is 1. The van der Waals surface area contributed by atoms with Crippen LogP contribution in [0.3, 0.4) is 0 Å². The van der Waals surface area contributed by atoms with Crippen molar-refractivity contribution in [3.8, 4) is 0 Å². The molecule has 1 aliphatic heterocycles. The summed E-state index contributed by atoms with van der Waals surface area (Å²) in [6, 6.07) is 0. The largest absolute Gasteiger partial charge is 0.427 e. The molecule has 34 heavy (non-hydrogen) atoms. The molecule has 1 heterocycles. The van der Waals surface area contributed by atoms with E-state index in [4.69, 9.17) is 4.74 Å². The first-order chi connectivity index (χ1) is 15.0. The lowest BCUT2D eigenvalue weighted by atomic mass is 9.95. The van der Waals surface area contributed by atoms with E-state index < -0.39 is 70.8 Å². The van der Waals surface area contributed by atoms with Gasteiger partial charge in [-0.15, -0.1) is 0 Å². The number of ether oxygens (including phenoxy) is 1. The molecule has 20 heteroatoms. The molecule has 0 aromatic rings. The molecule has 5 nitrogen and oxygen atoms in total. The van der Waals surface area contributed by atoms with Crippen molar-refractivity contribution < 1.29 is 74.6 Å². The maximum absolute atomic E-state index is 13.9. The Labute approximate surface area is 182 Å². The zero-order valence-electron chi connectivity index (χ0n) is 16.4. The second-order valence-electron chi connectivity index (χ2n) is 7.03. The predicted molar refractivity (Wildman–Crippen MR) is 84.5 cm³/mol. The number of hydrogen-bond acceptors (Lipinski definition) is 4. The van der Waals surface area contributed by atoms with Gasteiger partial charge in [-0.25, -0.2) is 21.9 Å². The van der Waals surface area contributed by atoms with E-state index in [9.17, 15) is 69.9 Å². The van der Waals surface area contributed by atoms with Gasteiger partial charge in [-0.3, -0.25) is 4.90 Å². The van der Waals surface area contributed by atoms with Crippen LogP contribution in [0.25, 0.3) is 0 Å². The first kappa shape index (κ1) is 30.9. The van der Waals surface area contributed by atoms with E-state index in [1.165, 1.54) is 4.90 Å². The van der Waals surface area contributed by atoms with Crippen LogP contribution in [0.1, 0.15) is 6.42 Å². The summed E-state index contributed by atoms with van der Waals surface area (Å²) in [6.07, 6.45) is -9.88. The normalized spacial score (nSPS) is 18.6. The van der Waals surface area contributed by atoms with Gasteiger partial charge in [0.15, 0.2) is 0 Å². The lowest BCUT2D eigenvalue weighted by Gasteiger charge is -2.38. The number of rotatable bonds is 12. The highest BCUT2D eigenvalue weighted by Crippen LogP contribution is 2.57. The van der Waals surface area contributed by atoms with Gasteiger partial charge in [-0.2, -0.15) is 52.7 Å². The fraction of sp³-hybridized carbons (Fsp3) is 1.00. The highest BCUT2D eigenvalue weighted by molar-refractivity contribution is 7.90. The van der Waals surface area contributed by atoms with Crippen LogP contribution in [0.5, 0.6) is 0 Å². The molecule has 0 amide bonds. The molecule has 0 spiro atoms. The molecule has 1 saturated heterocycles. The first-order valence-electron chi connectivity index (χ1n) is 8.82. The van der Waals surface area contributed by atoms with Crippen LogP contribution in [0.4, 0.5) is 61.5 Å². The minimum absolute atomic E-state index is 0.109. The summed E-state index contributed by atoms with van der Waals surface area (Å²) in [5.74, 6) is -36.2. The van der Waals surface area contributed by atoms with E-state index in [1.807, 2.05) is 0 Å². The van der Waals surface area contributed by atoms with Gasteiger partial charge in [0.1, 0.15) is 0 Å². The Kier molecular flexibility index (Phi) is 8.83. The van der Waals surface area contributed by atoms with E-state index in [0.29, 0.717) is 0 Å². The molecule has 0 aromatic carbocycles. The third kappa shape index (κ3) is 5.48. The van der Waals surface area contributed by atoms with Crippen LogP contribution < -0.4 is 4.72 Å². The molecular formula is C14H16F14N2O3S. The number of sulfonamides is 1. The number of alkyl halides is 14. The SMILES string of the molecule is O=S(=O)(NCCN1CCOCC1)C(F)(F)C(F)(F)C(F)(F)C(F)(F)CC(F)(F)C(F)(F)C(F)F. The van der Waals surface area contributed by atoms with Gasteiger partial charge in [0.05, 0.1) is 19.6 Å². The summed E-state index contributed by atoms with van der Waals surface area (Å²) in [7, 11) is -6.91. The molecule has 1 aliphatic rings. The number of halogens is 14. The van der Waals surface area contributed by atoms with Crippen molar-refractivity contribution in [3.63, 3.8) is 0 Å². The van der Waals surface area contributed by atoms with E-state index in [0.717, 1.165) is 4.72 Å². The predicted octanol–water partition coefficient (Wildman–Crippen LogP) is 3.66. The van der Waals surface area contributed by atoms with Crippen LogP contribution in [0.15, 0.2) is 0 Å². The fourth-order valence-corrected chi connectivity index (χ4v) is 3.51. The molecule has 0 atom stereocenters. The van der Waals surface area contributed by atoms with Gasteiger partial charge in [-0.1, -0.05) is 0 Å². The van der Waals surface area contributed by atoms with Crippen molar-refractivity contribution in [1.29, 1.82) is 0 Å². The summed E-state index contributed by atoms with van der Waals surface area (Å²) < 4.78 is 214. The third-order valence-electron chi connectivity index (χ3n) is 4.59. The summed E-state index contributed by atoms with van der Waals surface area (Å²) in [5.41, 5.74) is 0. The maximum Gasteiger partial charge on any atom is 0.427 e. The summed E-state index contributed by atoms with van der Waals surface area (Å²) in [6.45, 7) is -1.11. The average Bonchev–Trinajstić information content (AvgIpc) is 2.67. The van der Waals surface area contributed by atoms with Gasteiger partial charge in [0.2, 0.25) is 0 Å². The van der Waals surface area contributed by atoms with E-state index in [2.05, 4.69) is 0 Å². The molecule has 0 aromatic heterocycles. The zero-order chi connectivity index (χ0) is 27.0. The molecule has 0 saturated carbocycles. The van der Waals surface area contributed by atoms with E-state index in [-0.39, 0.29) is 26.3 Å².